The highest BCUT2D eigenvalue weighted by Crippen LogP contribution is 2.49. The van der Waals surface area contributed by atoms with E-state index in [1.165, 1.54) is 19.1 Å². The van der Waals surface area contributed by atoms with Gasteiger partial charge in [0.25, 0.3) is 5.91 Å². The van der Waals surface area contributed by atoms with Crippen LogP contribution in [0.25, 0.3) is 0 Å². The minimum Gasteiger partial charge on any atom is -0.497 e. The largest absolute Gasteiger partial charge is 0.497 e. The number of benzene rings is 1. The van der Waals surface area contributed by atoms with E-state index in [1.807, 2.05) is 6.08 Å². The molecule has 1 fully saturated rings. The molecule has 0 aromatic heterocycles. The van der Waals surface area contributed by atoms with E-state index < -0.39 is 24.4 Å². The molecular weight excluding hydrogens is 314 g/mol. The molecule has 1 aromatic carbocycles. The number of rotatable bonds is 5. The summed E-state index contributed by atoms with van der Waals surface area (Å²) in [6.45, 7) is 1.62. The van der Waals surface area contributed by atoms with Gasteiger partial charge in [0, 0.05) is 6.07 Å². The summed E-state index contributed by atoms with van der Waals surface area (Å²) in [5, 5.41) is 19.8. The van der Waals surface area contributed by atoms with Crippen molar-refractivity contribution < 1.29 is 29.2 Å². The highest BCUT2D eigenvalue weighted by atomic mass is 16.5. The Morgan fingerprint density at radius 2 is 2.17 bits per heavy atom. The first kappa shape index (κ1) is 16.8. The number of anilines is 1. The molecule has 2 aliphatic rings. The van der Waals surface area contributed by atoms with Gasteiger partial charge in [0.2, 0.25) is 0 Å². The van der Waals surface area contributed by atoms with Crippen LogP contribution in [0.15, 0.2) is 29.8 Å². The lowest BCUT2D eigenvalue weighted by atomic mass is 9.74. The second kappa shape index (κ2) is 6.08. The van der Waals surface area contributed by atoms with Crippen LogP contribution in [0.4, 0.5) is 5.69 Å². The number of aliphatic hydroxyl groups is 2. The first-order valence-electron chi connectivity index (χ1n) is 7.67. The highest BCUT2D eigenvalue weighted by molar-refractivity contribution is 6.12. The van der Waals surface area contributed by atoms with Crippen LogP contribution < -0.4 is 14.4 Å². The average molecular weight is 335 g/mol. The zero-order valence-electron chi connectivity index (χ0n) is 13.9. The van der Waals surface area contributed by atoms with Gasteiger partial charge in [0.1, 0.15) is 23.6 Å². The zero-order chi connectivity index (χ0) is 17.5. The van der Waals surface area contributed by atoms with Gasteiger partial charge in [-0.05, 0) is 24.6 Å². The van der Waals surface area contributed by atoms with Crippen molar-refractivity contribution in [3.63, 3.8) is 0 Å². The Labute approximate surface area is 140 Å². The summed E-state index contributed by atoms with van der Waals surface area (Å²) < 4.78 is 16.2. The van der Waals surface area contributed by atoms with Gasteiger partial charge in [0.15, 0.2) is 5.60 Å². The molecule has 1 amide bonds. The SMILES string of the molecule is COc1ccc(N2C(=O)[C@]3(OCC=C3C)[C@@H]2[C@H](O)CO)c(OC)c1. The first-order valence-corrected chi connectivity index (χ1v) is 7.67. The van der Waals surface area contributed by atoms with E-state index >= 15 is 0 Å². The second-order valence-electron chi connectivity index (χ2n) is 5.84. The number of β-lactam (4-membered cyclic amide) rings is 1. The third-order valence-corrected chi connectivity index (χ3v) is 4.72. The summed E-state index contributed by atoms with van der Waals surface area (Å²) in [5.74, 6) is 0.743. The van der Waals surface area contributed by atoms with Crippen LogP contribution in [0.5, 0.6) is 11.5 Å². The molecule has 24 heavy (non-hydrogen) atoms. The number of amides is 1. The third kappa shape index (κ3) is 2.12. The molecule has 1 saturated heterocycles. The number of hydrogen-bond acceptors (Lipinski definition) is 6. The number of aliphatic hydroxyl groups excluding tert-OH is 2. The number of carbonyl (C=O) groups is 1. The molecule has 2 N–H and O–H groups in total. The minimum absolute atomic E-state index is 0.283. The van der Waals surface area contributed by atoms with Gasteiger partial charge in [-0.2, -0.15) is 0 Å². The van der Waals surface area contributed by atoms with Crippen molar-refractivity contribution in [2.45, 2.75) is 24.7 Å². The minimum atomic E-state index is -1.22. The fourth-order valence-electron chi connectivity index (χ4n) is 3.45. The Hall–Kier alpha value is -2.09. The summed E-state index contributed by atoms with van der Waals surface area (Å²) in [6.07, 6.45) is 0.674. The van der Waals surface area contributed by atoms with Crippen molar-refractivity contribution in [3.05, 3.63) is 29.8 Å². The Balaban J connectivity index is 2.05. The number of carbonyl (C=O) groups excluding carboxylic acids is 1. The van der Waals surface area contributed by atoms with Crippen LogP contribution in [-0.4, -0.2) is 61.3 Å². The summed E-state index contributed by atoms with van der Waals surface area (Å²) in [6, 6.07) is 4.33. The predicted molar refractivity (Wildman–Crippen MR) is 86.4 cm³/mol. The van der Waals surface area contributed by atoms with Crippen molar-refractivity contribution >= 4 is 11.6 Å². The van der Waals surface area contributed by atoms with Crippen LogP contribution >= 0.6 is 0 Å². The molecule has 130 valence electrons. The number of nitrogens with zero attached hydrogens (tertiary/aromatic N) is 1. The standard InChI is InChI=1S/C17H21NO6/c1-10-6-7-24-17(10)15(13(20)9-19)18(16(17)21)12-5-4-11(22-2)8-14(12)23-3/h4-6,8,13,15,19-20H,7,9H2,1-3H3/t13-,15+,17-/m1/s1. The molecule has 1 aromatic rings. The smallest absolute Gasteiger partial charge is 0.266 e. The topological polar surface area (TPSA) is 88.5 Å². The summed E-state index contributed by atoms with van der Waals surface area (Å²) in [4.78, 5) is 14.3. The molecule has 1 spiro atoms. The Morgan fingerprint density at radius 1 is 1.42 bits per heavy atom. The lowest BCUT2D eigenvalue weighted by molar-refractivity contribution is -0.160. The van der Waals surface area contributed by atoms with Crippen molar-refractivity contribution in [1.82, 2.24) is 0 Å². The van der Waals surface area contributed by atoms with Gasteiger partial charge in [-0.1, -0.05) is 6.08 Å². The number of hydrogen-bond donors (Lipinski definition) is 2. The van der Waals surface area contributed by atoms with E-state index in [0.29, 0.717) is 23.8 Å². The van der Waals surface area contributed by atoms with E-state index in [4.69, 9.17) is 14.2 Å². The molecule has 7 nitrogen and oxygen atoms in total. The third-order valence-electron chi connectivity index (χ3n) is 4.72. The first-order chi connectivity index (χ1) is 11.5. The van der Waals surface area contributed by atoms with Gasteiger partial charge in [-0.15, -0.1) is 0 Å². The highest BCUT2D eigenvalue weighted by Gasteiger charge is 2.67. The summed E-state index contributed by atoms with van der Waals surface area (Å²) in [7, 11) is 3.03. The molecule has 3 rings (SSSR count). The number of methoxy groups -OCH3 is 2. The molecule has 0 bridgehead atoms. The maximum atomic E-state index is 12.9. The maximum Gasteiger partial charge on any atom is 0.266 e. The molecule has 0 unspecified atom stereocenters. The molecular formula is C17H21NO6. The average Bonchev–Trinajstić information content (AvgIpc) is 3.01. The van der Waals surface area contributed by atoms with E-state index in [0.717, 1.165) is 5.57 Å². The van der Waals surface area contributed by atoms with E-state index in [-0.39, 0.29) is 5.91 Å². The van der Waals surface area contributed by atoms with E-state index in [1.54, 1.807) is 25.1 Å². The van der Waals surface area contributed by atoms with E-state index in [2.05, 4.69) is 0 Å². The van der Waals surface area contributed by atoms with Crippen molar-refractivity contribution in [2.75, 3.05) is 32.3 Å². The molecule has 7 heteroatoms. The summed E-state index contributed by atoms with van der Waals surface area (Å²) >= 11 is 0. The van der Waals surface area contributed by atoms with Crippen molar-refractivity contribution in [2.24, 2.45) is 0 Å². The fourth-order valence-corrected chi connectivity index (χ4v) is 3.45. The zero-order valence-corrected chi connectivity index (χ0v) is 13.9. The normalized spacial score (nSPS) is 27.0. The monoisotopic (exact) mass is 335 g/mol. The van der Waals surface area contributed by atoms with Crippen LogP contribution in [-0.2, 0) is 9.53 Å². The fraction of sp³-hybridized carbons (Fsp3) is 0.471. The van der Waals surface area contributed by atoms with Gasteiger partial charge in [-0.25, -0.2) is 0 Å². The van der Waals surface area contributed by atoms with Gasteiger partial charge in [-0.3, -0.25) is 9.69 Å². The summed E-state index contributed by atoms with van der Waals surface area (Å²) in [5.41, 5.74) is 0.0241. The Bertz CT molecular complexity index is 688. The molecule has 3 atom stereocenters. The molecule has 0 aliphatic carbocycles. The van der Waals surface area contributed by atoms with Crippen LogP contribution in [0.1, 0.15) is 6.92 Å². The van der Waals surface area contributed by atoms with E-state index in [9.17, 15) is 15.0 Å². The van der Waals surface area contributed by atoms with Gasteiger partial charge < -0.3 is 24.4 Å². The maximum absolute atomic E-state index is 12.9. The number of ether oxygens (including phenoxy) is 3. The Kier molecular flexibility index (Phi) is 4.25. The quantitative estimate of drug-likeness (QED) is 0.601. The predicted octanol–water partition coefficient (Wildman–Crippen LogP) is 0.487. The lowest BCUT2D eigenvalue weighted by Gasteiger charge is -2.55. The second-order valence-corrected chi connectivity index (χ2v) is 5.84. The van der Waals surface area contributed by atoms with Crippen LogP contribution in [0.3, 0.4) is 0 Å². The molecule has 2 heterocycles. The van der Waals surface area contributed by atoms with Crippen molar-refractivity contribution in [1.29, 1.82) is 0 Å². The molecule has 0 radical (unpaired) electrons. The lowest BCUT2D eigenvalue weighted by Crippen LogP contribution is -2.78. The van der Waals surface area contributed by atoms with Crippen LogP contribution in [0, 0.1) is 0 Å². The molecule has 2 aliphatic heterocycles. The van der Waals surface area contributed by atoms with Crippen molar-refractivity contribution in [3.8, 4) is 11.5 Å². The van der Waals surface area contributed by atoms with Crippen LogP contribution in [0.2, 0.25) is 0 Å². The van der Waals surface area contributed by atoms with Gasteiger partial charge in [0.05, 0.1) is 33.1 Å². The Morgan fingerprint density at radius 3 is 2.71 bits per heavy atom. The molecule has 0 saturated carbocycles. The van der Waals surface area contributed by atoms with Gasteiger partial charge >= 0.3 is 0 Å².